The van der Waals surface area contributed by atoms with Gasteiger partial charge in [-0.1, -0.05) is 18.6 Å². The number of nitrogens with one attached hydrogen (secondary N) is 1. The normalized spacial score (nSPS) is 14.2. The SMILES string of the molecule is Cn1cc(-c2ccc(OCCCC(=O)NCC3CCC3)cc2)cn1. The Morgan fingerprint density at radius 3 is 2.71 bits per heavy atom. The van der Waals surface area contributed by atoms with Gasteiger partial charge in [-0.25, -0.2) is 0 Å². The maximum Gasteiger partial charge on any atom is 0.220 e. The van der Waals surface area contributed by atoms with Crippen molar-refractivity contribution < 1.29 is 9.53 Å². The molecule has 0 aliphatic heterocycles. The fraction of sp³-hybridized carbons (Fsp3) is 0.474. The van der Waals surface area contributed by atoms with Crippen molar-refractivity contribution in [3.8, 4) is 16.9 Å². The Kier molecular flexibility index (Phi) is 5.51. The number of carbonyl (C=O) groups excluding carboxylic acids is 1. The van der Waals surface area contributed by atoms with Crippen molar-refractivity contribution in [1.29, 1.82) is 0 Å². The highest BCUT2D eigenvalue weighted by Crippen LogP contribution is 2.25. The summed E-state index contributed by atoms with van der Waals surface area (Å²) in [7, 11) is 1.91. The molecule has 0 unspecified atom stereocenters. The number of hydrogen-bond donors (Lipinski definition) is 1. The molecule has 0 spiro atoms. The molecule has 1 aliphatic carbocycles. The third kappa shape index (κ3) is 4.60. The molecule has 1 N–H and O–H groups in total. The van der Waals surface area contributed by atoms with Gasteiger partial charge >= 0.3 is 0 Å². The van der Waals surface area contributed by atoms with Gasteiger partial charge in [0.15, 0.2) is 0 Å². The molecule has 1 heterocycles. The predicted molar refractivity (Wildman–Crippen MR) is 93.7 cm³/mol. The van der Waals surface area contributed by atoms with Crippen molar-refractivity contribution in [1.82, 2.24) is 15.1 Å². The van der Waals surface area contributed by atoms with Gasteiger partial charge in [0.25, 0.3) is 0 Å². The first-order valence-electron chi connectivity index (χ1n) is 8.69. The Hall–Kier alpha value is -2.30. The average molecular weight is 327 g/mol. The zero-order chi connectivity index (χ0) is 16.8. The van der Waals surface area contributed by atoms with E-state index in [-0.39, 0.29) is 5.91 Å². The van der Waals surface area contributed by atoms with Crippen molar-refractivity contribution in [2.45, 2.75) is 32.1 Å². The molecule has 2 aromatic rings. The largest absolute Gasteiger partial charge is 0.494 e. The lowest BCUT2D eigenvalue weighted by atomic mass is 9.85. The van der Waals surface area contributed by atoms with Crippen molar-refractivity contribution in [3.05, 3.63) is 36.7 Å². The zero-order valence-electron chi connectivity index (χ0n) is 14.2. The third-order valence-electron chi connectivity index (χ3n) is 4.52. The van der Waals surface area contributed by atoms with Crippen molar-refractivity contribution in [2.75, 3.05) is 13.2 Å². The highest BCUT2D eigenvalue weighted by molar-refractivity contribution is 5.75. The van der Waals surface area contributed by atoms with Gasteiger partial charge in [0.2, 0.25) is 5.91 Å². The molecule has 0 saturated heterocycles. The Morgan fingerprint density at radius 2 is 2.08 bits per heavy atom. The summed E-state index contributed by atoms with van der Waals surface area (Å²) in [6, 6.07) is 7.97. The second kappa shape index (κ2) is 7.99. The first kappa shape index (κ1) is 16.6. The minimum Gasteiger partial charge on any atom is -0.494 e. The number of rotatable bonds is 8. The van der Waals surface area contributed by atoms with Crippen molar-refractivity contribution in [3.63, 3.8) is 0 Å². The van der Waals surface area contributed by atoms with E-state index in [1.165, 1.54) is 19.3 Å². The molecule has 1 saturated carbocycles. The van der Waals surface area contributed by atoms with Gasteiger partial charge in [-0.05, 0) is 42.9 Å². The summed E-state index contributed by atoms with van der Waals surface area (Å²) < 4.78 is 7.50. The predicted octanol–water partition coefficient (Wildman–Crippen LogP) is 3.16. The van der Waals surface area contributed by atoms with Crippen LogP contribution in [0, 0.1) is 5.92 Å². The lowest BCUT2D eigenvalue weighted by Gasteiger charge is -2.25. The molecule has 3 rings (SSSR count). The zero-order valence-corrected chi connectivity index (χ0v) is 14.2. The van der Waals surface area contributed by atoms with E-state index in [4.69, 9.17) is 4.74 Å². The molecule has 1 aromatic carbocycles. The molecule has 1 aromatic heterocycles. The molecule has 0 bridgehead atoms. The number of aryl methyl sites for hydroxylation is 1. The number of nitrogens with zero attached hydrogens (tertiary/aromatic N) is 2. The smallest absolute Gasteiger partial charge is 0.220 e. The Labute approximate surface area is 143 Å². The van der Waals surface area contributed by atoms with Crippen molar-refractivity contribution in [2.24, 2.45) is 13.0 Å². The maximum absolute atomic E-state index is 11.7. The van der Waals surface area contributed by atoms with E-state index >= 15 is 0 Å². The first-order chi connectivity index (χ1) is 11.7. The molecule has 0 atom stereocenters. The van der Waals surface area contributed by atoms with Crippen LogP contribution >= 0.6 is 0 Å². The van der Waals surface area contributed by atoms with Crippen LogP contribution < -0.4 is 10.1 Å². The Morgan fingerprint density at radius 1 is 1.29 bits per heavy atom. The Balaban J connectivity index is 1.35. The maximum atomic E-state index is 11.7. The monoisotopic (exact) mass is 327 g/mol. The van der Waals surface area contributed by atoms with Crippen LogP contribution in [0.4, 0.5) is 0 Å². The third-order valence-corrected chi connectivity index (χ3v) is 4.52. The minimum absolute atomic E-state index is 0.137. The van der Waals surface area contributed by atoms with Gasteiger partial charge in [0.1, 0.15) is 5.75 Å². The molecule has 5 nitrogen and oxygen atoms in total. The molecule has 1 amide bonds. The van der Waals surface area contributed by atoms with Crippen LogP contribution in [0.15, 0.2) is 36.7 Å². The summed E-state index contributed by atoms with van der Waals surface area (Å²) in [5, 5.41) is 7.18. The van der Waals surface area contributed by atoms with E-state index in [2.05, 4.69) is 10.4 Å². The van der Waals surface area contributed by atoms with E-state index in [0.29, 0.717) is 18.9 Å². The highest BCUT2D eigenvalue weighted by atomic mass is 16.5. The Bertz CT molecular complexity index is 660. The summed E-state index contributed by atoms with van der Waals surface area (Å²) in [5.74, 6) is 1.68. The fourth-order valence-electron chi connectivity index (χ4n) is 2.78. The van der Waals surface area contributed by atoms with Crippen LogP contribution in [-0.4, -0.2) is 28.8 Å². The number of aromatic nitrogens is 2. The van der Waals surface area contributed by atoms with E-state index in [1.807, 2.05) is 43.7 Å². The van der Waals surface area contributed by atoms with Crippen LogP contribution in [0.3, 0.4) is 0 Å². The molecule has 0 radical (unpaired) electrons. The van der Waals surface area contributed by atoms with Gasteiger partial charge in [0, 0.05) is 31.8 Å². The average Bonchev–Trinajstić information content (AvgIpc) is 2.97. The van der Waals surface area contributed by atoms with Gasteiger partial charge in [-0.15, -0.1) is 0 Å². The molecule has 24 heavy (non-hydrogen) atoms. The van der Waals surface area contributed by atoms with Gasteiger partial charge in [0.05, 0.1) is 12.8 Å². The van der Waals surface area contributed by atoms with E-state index < -0.39 is 0 Å². The summed E-state index contributed by atoms with van der Waals surface area (Å²) >= 11 is 0. The van der Waals surface area contributed by atoms with Gasteiger partial charge in [-0.3, -0.25) is 9.48 Å². The summed E-state index contributed by atoms with van der Waals surface area (Å²) in [6.45, 7) is 1.40. The highest BCUT2D eigenvalue weighted by Gasteiger charge is 2.17. The molecular formula is C19H25N3O2. The lowest BCUT2D eigenvalue weighted by molar-refractivity contribution is -0.121. The number of amides is 1. The molecule has 1 aliphatic rings. The van der Waals surface area contributed by atoms with Crippen LogP contribution in [-0.2, 0) is 11.8 Å². The first-order valence-corrected chi connectivity index (χ1v) is 8.69. The summed E-state index contributed by atoms with van der Waals surface area (Å²) in [6.07, 6.45) is 8.93. The van der Waals surface area contributed by atoms with E-state index in [1.54, 1.807) is 4.68 Å². The lowest BCUT2D eigenvalue weighted by Crippen LogP contribution is -2.32. The van der Waals surface area contributed by atoms with E-state index in [0.717, 1.165) is 29.8 Å². The van der Waals surface area contributed by atoms with E-state index in [9.17, 15) is 4.79 Å². The van der Waals surface area contributed by atoms with Crippen molar-refractivity contribution >= 4 is 5.91 Å². The summed E-state index contributed by atoms with van der Waals surface area (Å²) in [5.41, 5.74) is 2.21. The van der Waals surface area contributed by atoms with Crippen LogP contribution in [0.1, 0.15) is 32.1 Å². The van der Waals surface area contributed by atoms with Crippen LogP contribution in [0.25, 0.3) is 11.1 Å². The van der Waals surface area contributed by atoms with Gasteiger partial charge in [-0.2, -0.15) is 5.10 Å². The summed E-state index contributed by atoms with van der Waals surface area (Å²) in [4.78, 5) is 11.7. The second-order valence-corrected chi connectivity index (χ2v) is 6.48. The minimum atomic E-state index is 0.137. The number of carbonyl (C=O) groups is 1. The standard InChI is InChI=1S/C19H25N3O2/c1-22-14-17(13-21-22)16-7-9-18(10-8-16)24-11-3-6-19(23)20-12-15-4-2-5-15/h7-10,13-15H,2-6,11-12H2,1H3,(H,20,23). The van der Waals surface area contributed by atoms with Gasteiger partial charge < -0.3 is 10.1 Å². The molecule has 128 valence electrons. The van der Waals surface area contributed by atoms with Crippen LogP contribution in [0.5, 0.6) is 5.75 Å². The number of hydrogen-bond acceptors (Lipinski definition) is 3. The topological polar surface area (TPSA) is 56.1 Å². The molecular weight excluding hydrogens is 302 g/mol. The molecule has 1 fully saturated rings. The second-order valence-electron chi connectivity index (χ2n) is 6.48. The fourth-order valence-corrected chi connectivity index (χ4v) is 2.78. The quantitative estimate of drug-likeness (QED) is 0.758. The number of benzene rings is 1. The number of ether oxygens (including phenoxy) is 1. The molecule has 5 heteroatoms. The van der Waals surface area contributed by atoms with Crippen LogP contribution in [0.2, 0.25) is 0 Å².